The van der Waals surface area contributed by atoms with Crippen molar-refractivity contribution in [1.82, 2.24) is 15.1 Å². The monoisotopic (exact) mass is 438 g/mol. The third-order valence-corrected chi connectivity index (χ3v) is 6.90. The normalized spacial score (nSPS) is 31.9. The second-order valence-corrected chi connectivity index (χ2v) is 10.1. The van der Waals surface area contributed by atoms with Gasteiger partial charge >= 0.3 is 5.97 Å². The van der Waals surface area contributed by atoms with Crippen molar-refractivity contribution in [2.45, 2.75) is 76.4 Å². The number of thioether (sulfide) groups is 1. The van der Waals surface area contributed by atoms with E-state index in [-0.39, 0.29) is 24.1 Å². The molecule has 2 N–H and O–H groups in total. The number of hydrogen-bond acceptors (Lipinski definition) is 9. The van der Waals surface area contributed by atoms with Gasteiger partial charge < -0.3 is 19.9 Å². The molecule has 0 aromatic carbocycles. The molecule has 4 aliphatic rings. The van der Waals surface area contributed by atoms with Gasteiger partial charge in [-0.3, -0.25) is 14.6 Å². The quantitative estimate of drug-likeness (QED) is 0.497. The van der Waals surface area contributed by atoms with E-state index >= 15 is 0 Å². The lowest BCUT2D eigenvalue weighted by Crippen LogP contribution is -2.72. The molecule has 9 nitrogen and oxygen atoms in total. The first-order valence-electron chi connectivity index (χ1n) is 10.4. The van der Waals surface area contributed by atoms with Crippen LogP contribution in [-0.4, -0.2) is 81.1 Å². The Morgan fingerprint density at radius 1 is 1.37 bits per heavy atom. The zero-order chi connectivity index (χ0) is 21.6. The van der Waals surface area contributed by atoms with Crippen molar-refractivity contribution in [1.29, 1.82) is 0 Å². The fourth-order valence-corrected chi connectivity index (χ4v) is 5.39. The fourth-order valence-electron chi connectivity index (χ4n) is 4.10. The van der Waals surface area contributed by atoms with Crippen LogP contribution in [0.5, 0.6) is 0 Å². The summed E-state index contributed by atoms with van der Waals surface area (Å²) in [6.07, 6.45) is 1.84. The molecule has 4 atom stereocenters. The summed E-state index contributed by atoms with van der Waals surface area (Å²) in [5.41, 5.74) is 0.548. The number of guanidine groups is 1. The van der Waals surface area contributed by atoms with Gasteiger partial charge in [-0.15, -0.1) is 11.8 Å². The summed E-state index contributed by atoms with van der Waals surface area (Å²) < 4.78 is 11.3. The van der Waals surface area contributed by atoms with Crippen LogP contribution in [0.15, 0.2) is 16.3 Å². The van der Waals surface area contributed by atoms with E-state index in [4.69, 9.17) is 9.47 Å². The highest BCUT2D eigenvalue weighted by Gasteiger charge is 2.54. The predicted molar refractivity (Wildman–Crippen MR) is 112 cm³/mol. The Balaban J connectivity index is 1.47. The van der Waals surface area contributed by atoms with Crippen molar-refractivity contribution in [3.63, 3.8) is 0 Å². The van der Waals surface area contributed by atoms with Crippen LogP contribution < -0.4 is 5.32 Å². The van der Waals surface area contributed by atoms with E-state index in [2.05, 4.69) is 10.3 Å². The zero-order valence-electron chi connectivity index (χ0n) is 17.9. The van der Waals surface area contributed by atoms with Crippen LogP contribution in [0.3, 0.4) is 0 Å². The number of carbonyl (C=O) groups is 2. The molecule has 0 aliphatic carbocycles. The van der Waals surface area contributed by atoms with Gasteiger partial charge in [0.2, 0.25) is 0 Å². The van der Waals surface area contributed by atoms with Gasteiger partial charge in [-0.25, -0.2) is 9.79 Å². The molecule has 0 aromatic heterocycles. The predicted octanol–water partition coefficient (Wildman–Crippen LogP) is 0.992. The highest BCUT2D eigenvalue weighted by Crippen LogP contribution is 2.41. The maximum absolute atomic E-state index is 13.0. The van der Waals surface area contributed by atoms with E-state index < -0.39 is 23.8 Å². The van der Waals surface area contributed by atoms with Gasteiger partial charge in [0, 0.05) is 12.4 Å². The minimum atomic E-state index is -0.764. The van der Waals surface area contributed by atoms with Crippen molar-refractivity contribution in [2.75, 3.05) is 18.9 Å². The lowest BCUT2D eigenvalue weighted by Gasteiger charge is -2.50. The molecule has 4 rings (SSSR count). The fraction of sp³-hybridized carbons (Fsp3) is 0.750. The number of aliphatic imine (C=N–C) groups is 1. The minimum Gasteiger partial charge on any atom is -0.455 e. The number of β-lactam (4-membered cyclic amide) rings is 1. The third-order valence-electron chi connectivity index (χ3n) is 5.47. The van der Waals surface area contributed by atoms with Crippen LogP contribution in [0.1, 0.15) is 47.0 Å². The molecule has 3 unspecified atom stereocenters. The first-order chi connectivity index (χ1) is 14.2. The Hall–Kier alpha value is -1.78. The van der Waals surface area contributed by atoms with Gasteiger partial charge in [-0.05, 0) is 52.5 Å². The number of carbonyl (C=O) groups excluding carboxylic acids is 2. The lowest BCUT2D eigenvalue weighted by molar-refractivity contribution is -0.158. The van der Waals surface area contributed by atoms with E-state index in [9.17, 15) is 14.7 Å². The number of esters is 1. The van der Waals surface area contributed by atoms with E-state index in [1.807, 2.05) is 27.7 Å². The standard InChI is InChI=1S/C20H30N4O5S/c1-11-10-30-17-14(16(26)24(17)15(11)18(27)29-20(2,3)4)22-19-21-9-12(25)23(19)13-7-5-6-8-28-13/h12-14,17,25H,5-10H2,1-4H3,(H,21,22)/t12?,13?,14?,17-/m0/s1. The minimum absolute atomic E-state index is 0.194. The van der Waals surface area contributed by atoms with Gasteiger partial charge in [0.15, 0.2) is 12.2 Å². The Morgan fingerprint density at radius 3 is 2.80 bits per heavy atom. The Labute approximate surface area is 180 Å². The van der Waals surface area contributed by atoms with Gasteiger partial charge in [0.05, 0.1) is 6.54 Å². The molecular formula is C20H30N4O5S. The van der Waals surface area contributed by atoms with Crippen molar-refractivity contribution in [3.05, 3.63) is 11.3 Å². The molecule has 4 heterocycles. The molecule has 0 radical (unpaired) electrons. The summed E-state index contributed by atoms with van der Waals surface area (Å²) in [4.78, 5) is 33.4. The van der Waals surface area contributed by atoms with Crippen LogP contribution in [-0.2, 0) is 19.1 Å². The zero-order valence-corrected chi connectivity index (χ0v) is 18.7. The van der Waals surface area contributed by atoms with Crippen LogP contribution in [0.4, 0.5) is 0 Å². The third kappa shape index (κ3) is 3.92. The second kappa shape index (κ2) is 8.05. The first-order valence-corrected chi connectivity index (χ1v) is 11.5. The van der Waals surface area contributed by atoms with E-state index in [1.165, 1.54) is 4.90 Å². The molecule has 10 heteroatoms. The van der Waals surface area contributed by atoms with Crippen molar-refractivity contribution >= 4 is 29.6 Å². The summed E-state index contributed by atoms with van der Waals surface area (Å²) in [5, 5.41) is 13.4. The van der Waals surface area contributed by atoms with Gasteiger partial charge in [0.25, 0.3) is 5.91 Å². The molecular weight excluding hydrogens is 408 g/mol. The molecule has 2 fully saturated rings. The molecule has 0 aromatic rings. The lowest BCUT2D eigenvalue weighted by atomic mass is 10.0. The maximum Gasteiger partial charge on any atom is 0.355 e. The smallest absolute Gasteiger partial charge is 0.355 e. The highest BCUT2D eigenvalue weighted by atomic mass is 32.2. The largest absolute Gasteiger partial charge is 0.455 e. The number of hydrogen-bond donors (Lipinski definition) is 2. The summed E-state index contributed by atoms with van der Waals surface area (Å²) in [6, 6.07) is -0.518. The number of nitrogens with zero attached hydrogens (tertiary/aromatic N) is 3. The highest BCUT2D eigenvalue weighted by molar-refractivity contribution is 8.00. The first kappa shape index (κ1) is 21.5. The molecule has 4 aliphatic heterocycles. The SMILES string of the molecule is CC1=C(C(=O)OC(C)(C)C)N2C(=O)C(NC3=NCC(O)N3C3CCCCO3)[C@@H]2SC1. The van der Waals surface area contributed by atoms with Crippen LogP contribution in [0.25, 0.3) is 0 Å². The van der Waals surface area contributed by atoms with Crippen LogP contribution in [0.2, 0.25) is 0 Å². The van der Waals surface area contributed by atoms with E-state index in [0.29, 0.717) is 24.0 Å². The topological polar surface area (TPSA) is 104 Å². The molecule has 0 bridgehead atoms. The number of aliphatic hydroxyl groups is 1. The summed E-state index contributed by atoms with van der Waals surface area (Å²) in [7, 11) is 0. The molecule has 0 spiro atoms. The Morgan fingerprint density at radius 2 is 2.13 bits per heavy atom. The van der Waals surface area contributed by atoms with Gasteiger partial charge in [-0.2, -0.15) is 0 Å². The number of ether oxygens (including phenoxy) is 2. The summed E-state index contributed by atoms with van der Waals surface area (Å²) in [5.74, 6) is 0.466. The Kier molecular flexibility index (Phi) is 5.75. The van der Waals surface area contributed by atoms with E-state index in [1.54, 1.807) is 16.7 Å². The number of rotatable bonds is 3. The molecule has 2 saturated heterocycles. The molecule has 1 amide bonds. The van der Waals surface area contributed by atoms with Gasteiger partial charge in [0.1, 0.15) is 28.9 Å². The number of aliphatic hydroxyl groups excluding tert-OH is 1. The molecule has 166 valence electrons. The number of nitrogens with one attached hydrogen (secondary N) is 1. The van der Waals surface area contributed by atoms with Gasteiger partial charge in [-0.1, -0.05) is 0 Å². The summed E-state index contributed by atoms with van der Waals surface area (Å²) >= 11 is 1.60. The average Bonchev–Trinajstić information content (AvgIpc) is 3.05. The molecule has 0 saturated carbocycles. The summed E-state index contributed by atoms with van der Waals surface area (Å²) in [6.45, 7) is 8.18. The van der Waals surface area contributed by atoms with Crippen molar-refractivity contribution in [3.8, 4) is 0 Å². The Bertz CT molecular complexity index is 787. The van der Waals surface area contributed by atoms with Crippen LogP contribution in [0, 0.1) is 0 Å². The van der Waals surface area contributed by atoms with E-state index in [0.717, 1.165) is 24.8 Å². The van der Waals surface area contributed by atoms with Crippen molar-refractivity contribution in [2.24, 2.45) is 4.99 Å². The average molecular weight is 439 g/mol. The van der Waals surface area contributed by atoms with Crippen LogP contribution >= 0.6 is 11.8 Å². The van der Waals surface area contributed by atoms with Crippen molar-refractivity contribution < 1.29 is 24.2 Å². The molecule has 30 heavy (non-hydrogen) atoms. The number of amides is 1. The maximum atomic E-state index is 13.0. The second-order valence-electron chi connectivity index (χ2n) is 9.04. The number of fused-ring (bicyclic) bond motifs is 1.